The first kappa shape index (κ1) is 18.9. The van der Waals surface area contributed by atoms with Gasteiger partial charge >= 0.3 is 0 Å². The third-order valence-corrected chi connectivity index (χ3v) is 4.54. The van der Waals surface area contributed by atoms with Crippen LogP contribution in [0, 0.1) is 6.92 Å². The Balaban J connectivity index is 1.98. The van der Waals surface area contributed by atoms with Crippen LogP contribution in [0.3, 0.4) is 0 Å². The molecule has 1 aromatic carbocycles. The lowest BCUT2D eigenvalue weighted by molar-refractivity contribution is -0.113. The number of aryl methyl sites for hydroxylation is 1. The van der Waals surface area contributed by atoms with Crippen LogP contribution >= 0.6 is 11.8 Å². The van der Waals surface area contributed by atoms with Crippen LogP contribution in [-0.4, -0.2) is 34.7 Å². The summed E-state index contributed by atoms with van der Waals surface area (Å²) in [5, 5.41) is 3.31. The van der Waals surface area contributed by atoms with Gasteiger partial charge in [-0.2, -0.15) is 0 Å². The average Bonchev–Trinajstić information content (AvgIpc) is 2.55. The van der Waals surface area contributed by atoms with Crippen molar-refractivity contribution >= 4 is 40.7 Å². The van der Waals surface area contributed by atoms with E-state index in [2.05, 4.69) is 40.1 Å². The molecule has 1 heterocycles. The topological polar surface area (TPSA) is 110 Å². The van der Waals surface area contributed by atoms with E-state index >= 15 is 0 Å². The molecule has 5 N–H and O–H groups in total. The van der Waals surface area contributed by atoms with Gasteiger partial charge in [0, 0.05) is 30.5 Å². The molecule has 2 rings (SSSR count). The van der Waals surface area contributed by atoms with Crippen molar-refractivity contribution < 1.29 is 4.79 Å². The van der Waals surface area contributed by atoms with Gasteiger partial charge in [0.2, 0.25) is 5.91 Å². The fourth-order valence-corrected chi connectivity index (χ4v) is 3.09. The number of carbonyl (C=O) groups excluding carboxylic acids is 1. The molecule has 0 atom stereocenters. The Bertz CT molecular complexity index is 728. The van der Waals surface area contributed by atoms with Crippen molar-refractivity contribution in [3.8, 4) is 0 Å². The van der Waals surface area contributed by atoms with E-state index in [-0.39, 0.29) is 11.7 Å². The summed E-state index contributed by atoms with van der Waals surface area (Å²) in [5.41, 5.74) is 14.2. The summed E-state index contributed by atoms with van der Waals surface area (Å²) >= 11 is 1.19. The number of benzene rings is 1. The first-order valence-corrected chi connectivity index (χ1v) is 9.09. The number of anilines is 4. The predicted molar refractivity (Wildman–Crippen MR) is 105 cm³/mol. The molecule has 1 aromatic heterocycles. The fraction of sp³-hybridized carbons (Fsp3) is 0.353. The normalized spacial score (nSPS) is 10.5. The summed E-state index contributed by atoms with van der Waals surface area (Å²) in [6.07, 6.45) is 0. The maximum atomic E-state index is 12.2. The Labute approximate surface area is 152 Å². The second kappa shape index (κ2) is 8.57. The monoisotopic (exact) mass is 360 g/mol. The van der Waals surface area contributed by atoms with Gasteiger partial charge in [-0.1, -0.05) is 11.8 Å². The van der Waals surface area contributed by atoms with Crippen LogP contribution in [0.5, 0.6) is 0 Å². The number of carbonyl (C=O) groups is 1. The van der Waals surface area contributed by atoms with Crippen LogP contribution in [0.15, 0.2) is 29.4 Å². The molecule has 134 valence electrons. The summed E-state index contributed by atoms with van der Waals surface area (Å²) in [6, 6.07) is 7.51. The zero-order valence-corrected chi connectivity index (χ0v) is 15.6. The van der Waals surface area contributed by atoms with E-state index in [1.165, 1.54) is 17.8 Å². The molecule has 0 saturated carbocycles. The third-order valence-electron chi connectivity index (χ3n) is 3.69. The first-order chi connectivity index (χ1) is 11.9. The largest absolute Gasteiger partial charge is 0.383 e. The number of amides is 1. The number of aromatic nitrogens is 2. The quantitative estimate of drug-likeness (QED) is 0.514. The van der Waals surface area contributed by atoms with Gasteiger partial charge in [0.25, 0.3) is 0 Å². The van der Waals surface area contributed by atoms with E-state index in [4.69, 9.17) is 11.5 Å². The van der Waals surface area contributed by atoms with Crippen LogP contribution in [0.2, 0.25) is 0 Å². The van der Waals surface area contributed by atoms with Crippen molar-refractivity contribution in [2.45, 2.75) is 25.9 Å². The maximum absolute atomic E-state index is 12.2. The highest BCUT2D eigenvalue weighted by molar-refractivity contribution is 7.99. The molecule has 0 saturated heterocycles. The molecule has 0 spiro atoms. The number of nitrogens with zero attached hydrogens (tertiary/aromatic N) is 3. The van der Waals surface area contributed by atoms with Crippen LogP contribution < -0.4 is 21.7 Å². The minimum absolute atomic E-state index is 0.131. The molecular weight excluding hydrogens is 336 g/mol. The lowest BCUT2D eigenvalue weighted by atomic mass is 10.1. The van der Waals surface area contributed by atoms with Gasteiger partial charge in [0.1, 0.15) is 11.6 Å². The van der Waals surface area contributed by atoms with E-state index in [0.717, 1.165) is 30.0 Å². The van der Waals surface area contributed by atoms with Crippen molar-refractivity contribution in [3.05, 3.63) is 29.8 Å². The van der Waals surface area contributed by atoms with Crippen LogP contribution in [0.4, 0.5) is 23.0 Å². The standard InChI is InChI=1S/C17H24N6OS/c1-4-23(5-2)12-6-7-13(11(3)8-12)20-16(24)10-25-17-21-14(18)9-15(19)22-17/h6-9H,4-5,10H2,1-3H3,(H,20,24)(H4,18,19,21,22). The van der Waals surface area contributed by atoms with E-state index < -0.39 is 0 Å². The first-order valence-electron chi connectivity index (χ1n) is 8.11. The molecular formula is C17H24N6OS. The van der Waals surface area contributed by atoms with E-state index in [1.807, 2.05) is 19.1 Å². The molecule has 8 heteroatoms. The molecule has 7 nitrogen and oxygen atoms in total. The lowest BCUT2D eigenvalue weighted by Gasteiger charge is -2.22. The molecule has 2 aromatic rings. The number of thioether (sulfide) groups is 1. The van der Waals surface area contributed by atoms with Crippen molar-refractivity contribution in [3.63, 3.8) is 0 Å². The maximum Gasteiger partial charge on any atom is 0.234 e. The average molecular weight is 360 g/mol. The van der Waals surface area contributed by atoms with E-state index in [0.29, 0.717) is 16.8 Å². The smallest absolute Gasteiger partial charge is 0.234 e. The van der Waals surface area contributed by atoms with Crippen molar-refractivity contribution in [1.82, 2.24) is 9.97 Å². The fourth-order valence-electron chi connectivity index (χ4n) is 2.42. The Morgan fingerprint density at radius 3 is 2.36 bits per heavy atom. The summed E-state index contributed by atoms with van der Waals surface area (Å²) in [4.78, 5) is 22.5. The second-order valence-electron chi connectivity index (χ2n) is 5.51. The van der Waals surface area contributed by atoms with Gasteiger partial charge in [0.05, 0.1) is 5.75 Å². The Hall–Kier alpha value is -2.48. The van der Waals surface area contributed by atoms with Crippen LogP contribution in [-0.2, 0) is 4.79 Å². The zero-order chi connectivity index (χ0) is 18.4. The Morgan fingerprint density at radius 2 is 1.80 bits per heavy atom. The Kier molecular flexibility index (Phi) is 6.46. The van der Waals surface area contributed by atoms with Crippen molar-refractivity contribution in [1.29, 1.82) is 0 Å². The van der Waals surface area contributed by atoms with Gasteiger partial charge in [-0.05, 0) is 44.5 Å². The van der Waals surface area contributed by atoms with Crippen molar-refractivity contribution in [2.24, 2.45) is 0 Å². The number of nitrogen functional groups attached to an aromatic ring is 2. The van der Waals surface area contributed by atoms with E-state index in [1.54, 1.807) is 0 Å². The summed E-state index contributed by atoms with van der Waals surface area (Å²) in [7, 11) is 0. The number of hydrogen-bond acceptors (Lipinski definition) is 7. The molecule has 0 aliphatic rings. The summed E-state index contributed by atoms with van der Waals surface area (Å²) < 4.78 is 0. The number of nitrogens with one attached hydrogen (secondary N) is 1. The van der Waals surface area contributed by atoms with Crippen LogP contribution in [0.1, 0.15) is 19.4 Å². The minimum atomic E-state index is -0.131. The molecule has 0 radical (unpaired) electrons. The number of nitrogens with two attached hydrogens (primary N) is 2. The highest BCUT2D eigenvalue weighted by atomic mass is 32.2. The highest BCUT2D eigenvalue weighted by Gasteiger charge is 2.10. The molecule has 0 aliphatic heterocycles. The lowest BCUT2D eigenvalue weighted by Crippen LogP contribution is -2.22. The molecule has 0 bridgehead atoms. The van der Waals surface area contributed by atoms with Crippen LogP contribution in [0.25, 0.3) is 0 Å². The van der Waals surface area contributed by atoms with Gasteiger partial charge < -0.3 is 21.7 Å². The SMILES string of the molecule is CCN(CC)c1ccc(NC(=O)CSc2nc(N)cc(N)n2)c(C)c1. The molecule has 0 unspecified atom stereocenters. The second-order valence-corrected chi connectivity index (χ2v) is 6.45. The predicted octanol–water partition coefficient (Wildman–Crippen LogP) is 2.53. The minimum Gasteiger partial charge on any atom is -0.383 e. The Morgan fingerprint density at radius 1 is 1.16 bits per heavy atom. The number of hydrogen-bond donors (Lipinski definition) is 3. The van der Waals surface area contributed by atoms with E-state index in [9.17, 15) is 4.79 Å². The molecule has 0 aliphatic carbocycles. The van der Waals surface area contributed by atoms with Gasteiger partial charge in [0.15, 0.2) is 5.16 Å². The van der Waals surface area contributed by atoms with Crippen molar-refractivity contribution in [2.75, 3.05) is 40.5 Å². The molecule has 25 heavy (non-hydrogen) atoms. The summed E-state index contributed by atoms with van der Waals surface area (Å²) in [5.74, 6) is 0.630. The molecule has 0 fully saturated rings. The molecule has 1 amide bonds. The zero-order valence-electron chi connectivity index (χ0n) is 14.7. The third kappa shape index (κ3) is 5.25. The highest BCUT2D eigenvalue weighted by Crippen LogP contribution is 2.23. The van der Waals surface area contributed by atoms with Gasteiger partial charge in [-0.15, -0.1) is 0 Å². The summed E-state index contributed by atoms with van der Waals surface area (Å²) in [6.45, 7) is 8.12. The number of rotatable bonds is 7. The van der Waals surface area contributed by atoms with Gasteiger partial charge in [-0.25, -0.2) is 9.97 Å². The van der Waals surface area contributed by atoms with Gasteiger partial charge in [-0.3, -0.25) is 4.79 Å².